The van der Waals surface area contributed by atoms with E-state index in [2.05, 4.69) is 0 Å². The third-order valence-electron chi connectivity index (χ3n) is 3.80. The van der Waals surface area contributed by atoms with Crippen molar-refractivity contribution in [3.05, 3.63) is 34.4 Å². The first kappa shape index (κ1) is 16.9. The second-order valence-corrected chi connectivity index (χ2v) is 5.35. The number of hydrogen-bond acceptors (Lipinski definition) is 5. The zero-order valence-electron chi connectivity index (χ0n) is 13.5. The van der Waals surface area contributed by atoms with Gasteiger partial charge in [0.15, 0.2) is 0 Å². The molecule has 124 valence electrons. The van der Waals surface area contributed by atoms with E-state index in [1.54, 1.807) is 13.2 Å². The van der Waals surface area contributed by atoms with E-state index < -0.39 is 11.9 Å². The molecule has 0 amide bonds. The van der Waals surface area contributed by atoms with Crippen molar-refractivity contribution in [2.24, 2.45) is 0 Å². The number of rotatable bonds is 7. The van der Waals surface area contributed by atoms with Crippen LogP contribution in [0.4, 0.5) is 0 Å². The van der Waals surface area contributed by atoms with Crippen molar-refractivity contribution < 1.29 is 28.9 Å². The maximum absolute atomic E-state index is 11.9. The molecular weight excluding hydrogens is 300 g/mol. The standard InChI is InChI=1S/C17H20O6/c1-10(5-7-14(18)19)4-6-12-13(21-2)8-11-9-23-17(20)15(11)16(12)22-3/h4,8H,5-7,9H2,1-3H3,(H,18,19)/b10-4+. The third kappa shape index (κ3) is 3.64. The van der Waals surface area contributed by atoms with Crippen molar-refractivity contribution in [1.29, 1.82) is 0 Å². The molecule has 0 saturated heterocycles. The highest BCUT2D eigenvalue weighted by atomic mass is 16.5. The van der Waals surface area contributed by atoms with Crippen LogP contribution in [-0.2, 0) is 22.6 Å². The highest BCUT2D eigenvalue weighted by molar-refractivity contribution is 5.97. The van der Waals surface area contributed by atoms with Crippen LogP contribution in [0.3, 0.4) is 0 Å². The summed E-state index contributed by atoms with van der Waals surface area (Å²) in [5.41, 5.74) is 2.90. The molecule has 0 unspecified atom stereocenters. The lowest BCUT2D eigenvalue weighted by atomic mass is 9.99. The molecule has 0 fully saturated rings. The van der Waals surface area contributed by atoms with Gasteiger partial charge in [-0.2, -0.15) is 0 Å². The molecule has 0 aromatic heterocycles. The molecule has 1 aliphatic rings. The number of carboxylic acid groups (broad SMARTS) is 1. The van der Waals surface area contributed by atoms with Gasteiger partial charge < -0.3 is 19.3 Å². The number of methoxy groups -OCH3 is 2. The third-order valence-corrected chi connectivity index (χ3v) is 3.80. The SMILES string of the molecule is COc1cc2c(c(OC)c1C/C=C(\C)CCC(=O)O)C(=O)OC2. The summed E-state index contributed by atoms with van der Waals surface area (Å²) in [4.78, 5) is 22.5. The van der Waals surface area contributed by atoms with Crippen molar-refractivity contribution in [3.63, 3.8) is 0 Å². The highest BCUT2D eigenvalue weighted by Gasteiger charge is 2.30. The second-order valence-electron chi connectivity index (χ2n) is 5.35. The minimum absolute atomic E-state index is 0.0904. The number of carboxylic acids is 1. The summed E-state index contributed by atoms with van der Waals surface area (Å²) in [7, 11) is 3.06. The minimum atomic E-state index is -0.826. The van der Waals surface area contributed by atoms with E-state index in [9.17, 15) is 9.59 Å². The van der Waals surface area contributed by atoms with E-state index in [0.717, 1.165) is 16.7 Å². The van der Waals surface area contributed by atoms with Crippen LogP contribution in [0.5, 0.6) is 11.5 Å². The van der Waals surface area contributed by atoms with Crippen molar-refractivity contribution in [1.82, 2.24) is 0 Å². The molecule has 6 nitrogen and oxygen atoms in total. The molecule has 2 rings (SSSR count). The van der Waals surface area contributed by atoms with Gasteiger partial charge in [-0.1, -0.05) is 11.6 Å². The summed E-state index contributed by atoms with van der Waals surface area (Å²) < 4.78 is 15.9. The van der Waals surface area contributed by atoms with Crippen LogP contribution in [-0.4, -0.2) is 31.3 Å². The fraction of sp³-hybridized carbons (Fsp3) is 0.412. The summed E-state index contributed by atoms with van der Waals surface area (Å²) in [6, 6.07) is 1.79. The van der Waals surface area contributed by atoms with Gasteiger partial charge in [0.2, 0.25) is 0 Å². The van der Waals surface area contributed by atoms with Gasteiger partial charge in [-0.3, -0.25) is 4.79 Å². The lowest BCUT2D eigenvalue weighted by molar-refractivity contribution is -0.136. The molecule has 0 bridgehead atoms. The van der Waals surface area contributed by atoms with Crippen molar-refractivity contribution in [3.8, 4) is 11.5 Å². The van der Waals surface area contributed by atoms with Gasteiger partial charge in [0.1, 0.15) is 23.7 Å². The van der Waals surface area contributed by atoms with E-state index in [-0.39, 0.29) is 13.0 Å². The van der Waals surface area contributed by atoms with Gasteiger partial charge in [-0.05, 0) is 25.8 Å². The summed E-state index contributed by atoms with van der Waals surface area (Å²) in [6.45, 7) is 2.10. The van der Waals surface area contributed by atoms with E-state index in [4.69, 9.17) is 19.3 Å². The average Bonchev–Trinajstić information content (AvgIpc) is 2.90. The lowest BCUT2D eigenvalue weighted by Gasteiger charge is -2.15. The van der Waals surface area contributed by atoms with Crippen molar-refractivity contribution in [2.45, 2.75) is 32.8 Å². The van der Waals surface area contributed by atoms with Gasteiger partial charge in [-0.15, -0.1) is 0 Å². The Balaban J connectivity index is 2.34. The van der Waals surface area contributed by atoms with Gasteiger partial charge >= 0.3 is 11.9 Å². The Kier molecular flexibility index (Phi) is 5.26. The van der Waals surface area contributed by atoms with Crippen LogP contribution >= 0.6 is 0 Å². The Bertz CT molecular complexity index is 660. The number of aliphatic carboxylic acids is 1. The van der Waals surface area contributed by atoms with E-state index >= 15 is 0 Å². The van der Waals surface area contributed by atoms with Crippen LogP contribution in [0.25, 0.3) is 0 Å². The van der Waals surface area contributed by atoms with Gasteiger partial charge in [0.25, 0.3) is 0 Å². The zero-order valence-corrected chi connectivity index (χ0v) is 13.5. The molecule has 6 heteroatoms. The van der Waals surface area contributed by atoms with Crippen LogP contribution in [0.2, 0.25) is 0 Å². The van der Waals surface area contributed by atoms with E-state index in [1.807, 2.05) is 13.0 Å². The summed E-state index contributed by atoms with van der Waals surface area (Å²) in [6.07, 6.45) is 2.98. The molecule has 0 radical (unpaired) electrons. The quantitative estimate of drug-likeness (QED) is 0.614. The number of hydrogen-bond donors (Lipinski definition) is 1. The maximum atomic E-state index is 11.9. The van der Waals surface area contributed by atoms with Crippen LogP contribution in [0.15, 0.2) is 17.7 Å². The molecule has 1 aromatic rings. The van der Waals surface area contributed by atoms with Crippen LogP contribution in [0.1, 0.15) is 41.3 Å². The summed E-state index contributed by atoms with van der Waals surface area (Å²) >= 11 is 0. The number of benzene rings is 1. The lowest BCUT2D eigenvalue weighted by Crippen LogP contribution is -2.04. The largest absolute Gasteiger partial charge is 0.496 e. The number of esters is 1. The number of fused-ring (bicyclic) bond motifs is 1. The topological polar surface area (TPSA) is 82.1 Å². The van der Waals surface area contributed by atoms with Gasteiger partial charge in [0, 0.05) is 17.5 Å². The minimum Gasteiger partial charge on any atom is -0.496 e. The fourth-order valence-electron chi connectivity index (χ4n) is 2.56. The normalized spacial score (nSPS) is 13.5. The summed E-state index contributed by atoms with van der Waals surface area (Å²) in [5, 5.41) is 8.73. The Morgan fingerprint density at radius 3 is 2.70 bits per heavy atom. The molecular formula is C17H20O6. The number of ether oxygens (including phenoxy) is 3. The van der Waals surface area contributed by atoms with Crippen molar-refractivity contribution >= 4 is 11.9 Å². The molecule has 1 aromatic carbocycles. The van der Waals surface area contributed by atoms with E-state index in [0.29, 0.717) is 29.9 Å². The molecule has 1 N–H and O–H groups in total. The molecule has 0 saturated carbocycles. The Hall–Kier alpha value is -2.50. The van der Waals surface area contributed by atoms with Crippen LogP contribution < -0.4 is 9.47 Å². The Morgan fingerprint density at radius 1 is 1.35 bits per heavy atom. The smallest absolute Gasteiger partial charge is 0.342 e. The number of carbonyl (C=O) groups is 2. The maximum Gasteiger partial charge on any atom is 0.342 e. The molecule has 1 aliphatic heterocycles. The number of carbonyl (C=O) groups excluding carboxylic acids is 1. The first-order valence-corrected chi connectivity index (χ1v) is 7.29. The number of cyclic esters (lactones) is 1. The average molecular weight is 320 g/mol. The molecule has 0 spiro atoms. The molecule has 0 aliphatic carbocycles. The zero-order chi connectivity index (χ0) is 17.0. The van der Waals surface area contributed by atoms with Crippen molar-refractivity contribution in [2.75, 3.05) is 14.2 Å². The fourth-order valence-corrected chi connectivity index (χ4v) is 2.56. The van der Waals surface area contributed by atoms with Gasteiger partial charge in [-0.25, -0.2) is 4.79 Å². The first-order valence-electron chi connectivity index (χ1n) is 7.29. The monoisotopic (exact) mass is 320 g/mol. The molecule has 0 atom stereocenters. The Labute approximate surface area is 134 Å². The molecule has 23 heavy (non-hydrogen) atoms. The first-order chi connectivity index (χ1) is 11.0. The van der Waals surface area contributed by atoms with Gasteiger partial charge in [0.05, 0.1) is 14.2 Å². The predicted octanol–water partition coefficient (Wildman–Crippen LogP) is 2.73. The number of allylic oxidation sites excluding steroid dienone is 2. The Morgan fingerprint density at radius 2 is 2.09 bits per heavy atom. The molecule has 1 heterocycles. The second kappa shape index (κ2) is 7.17. The van der Waals surface area contributed by atoms with E-state index in [1.165, 1.54) is 7.11 Å². The summed E-state index contributed by atoms with van der Waals surface area (Å²) in [5.74, 6) is -0.133. The predicted molar refractivity (Wildman–Crippen MR) is 83.0 cm³/mol. The van der Waals surface area contributed by atoms with Crippen LogP contribution in [0, 0.1) is 0 Å². The highest BCUT2D eigenvalue weighted by Crippen LogP contribution is 2.39.